The molecule has 1 aromatic rings. The van der Waals surface area contributed by atoms with Crippen molar-refractivity contribution in [2.75, 3.05) is 12.4 Å². The summed E-state index contributed by atoms with van der Waals surface area (Å²) in [5, 5.41) is 9.24. The Balaban J connectivity index is 2.77. The minimum absolute atomic E-state index is 0.253. The van der Waals surface area contributed by atoms with Gasteiger partial charge in [-0.25, -0.2) is 0 Å². The van der Waals surface area contributed by atoms with Crippen molar-refractivity contribution in [1.82, 2.24) is 0 Å². The molecule has 0 radical (unpaired) electrons. The fraction of sp³-hybridized carbons (Fsp3) is 0.533. The lowest BCUT2D eigenvalue weighted by molar-refractivity contribution is 0.242. The molecule has 18 heavy (non-hydrogen) atoms. The Labute approximate surface area is 114 Å². The molecular weight excluding hydrogens is 242 g/mol. The van der Waals surface area contributed by atoms with Crippen LogP contribution in [0.4, 0.5) is 0 Å². The van der Waals surface area contributed by atoms with Crippen molar-refractivity contribution in [2.24, 2.45) is 5.41 Å². The summed E-state index contributed by atoms with van der Waals surface area (Å²) in [6.07, 6.45) is 0.975. The van der Waals surface area contributed by atoms with Crippen LogP contribution in [0.25, 0.3) is 0 Å². The first-order valence-corrected chi connectivity index (χ1v) is 7.25. The fourth-order valence-electron chi connectivity index (χ4n) is 1.48. The van der Waals surface area contributed by atoms with E-state index >= 15 is 0 Å². The van der Waals surface area contributed by atoms with Crippen LogP contribution in [0.2, 0.25) is 0 Å². The number of hydrogen-bond donors (Lipinski definition) is 0. The third kappa shape index (κ3) is 4.62. The van der Waals surface area contributed by atoms with Crippen LogP contribution in [0.5, 0.6) is 5.75 Å². The molecule has 0 spiro atoms. The zero-order valence-electron chi connectivity index (χ0n) is 11.6. The van der Waals surface area contributed by atoms with Gasteiger partial charge in [0.25, 0.3) is 0 Å². The molecule has 0 aliphatic rings. The van der Waals surface area contributed by atoms with Gasteiger partial charge in [0.2, 0.25) is 0 Å². The van der Waals surface area contributed by atoms with E-state index < -0.39 is 0 Å². The lowest BCUT2D eigenvalue weighted by Crippen LogP contribution is -2.11. The number of thioether (sulfide) groups is 1. The molecule has 0 saturated heterocycles. The summed E-state index contributed by atoms with van der Waals surface area (Å²) in [5.74, 6) is 1.67. The molecule has 0 aliphatic carbocycles. The van der Waals surface area contributed by atoms with Crippen LogP contribution in [0, 0.1) is 16.7 Å². The number of ether oxygens (including phenoxy) is 1. The van der Waals surface area contributed by atoms with Gasteiger partial charge in [-0.15, -0.1) is 11.8 Å². The van der Waals surface area contributed by atoms with Crippen LogP contribution >= 0.6 is 11.8 Å². The molecule has 0 unspecified atom stereocenters. The van der Waals surface area contributed by atoms with Gasteiger partial charge in [-0.05, 0) is 29.7 Å². The summed E-state index contributed by atoms with van der Waals surface area (Å²) in [5.41, 5.74) is 0.918. The molecule has 0 heterocycles. The molecule has 0 fully saturated rings. The van der Waals surface area contributed by atoms with E-state index in [0.29, 0.717) is 17.9 Å². The highest BCUT2D eigenvalue weighted by molar-refractivity contribution is 7.99. The molecule has 0 atom stereocenters. The zero-order valence-corrected chi connectivity index (χ0v) is 12.4. The summed E-state index contributed by atoms with van der Waals surface area (Å²) in [6.45, 7) is 9.29. The minimum Gasteiger partial charge on any atom is -0.492 e. The number of nitriles is 1. The molecule has 0 aromatic heterocycles. The number of benzene rings is 1. The van der Waals surface area contributed by atoms with Crippen molar-refractivity contribution in [2.45, 2.75) is 39.0 Å². The maximum atomic E-state index is 9.24. The Kier molecular flexibility index (Phi) is 5.55. The standard InChI is InChI=1S/C15H21NOS/c1-5-18-14-8-6-7-13(12(14)11-16)17-10-9-15(2,3)4/h6-8H,5,9-10H2,1-4H3. The van der Waals surface area contributed by atoms with Crippen molar-refractivity contribution < 1.29 is 4.74 Å². The van der Waals surface area contributed by atoms with Crippen LogP contribution in [0.15, 0.2) is 23.1 Å². The largest absolute Gasteiger partial charge is 0.492 e. The fourth-order valence-corrected chi connectivity index (χ4v) is 2.26. The smallest absolute Gasteiger partial charge is 0.138 e. The molecule has 1 aromatic carbocycles. The maximum absolute atomic E-state index is 9.24. The summed E-state index contributed by atoms with van der Waals surface area (Å²) in [6, 6.07) is 8.05. The Morgan fingerprint density at radius 2 is 2.06 bits per heavy atom. The summed E-state index contributed by atoms with van der Waals surface area (Å²) in [7, 11) is 0. The van der Waals surface area contributed by atoms with Crippen molar-refractivity contribution in [1.29, 1.82) is 5.26 Å². The van der Waals surface area contributed by atoms with Crippen LogP contribution < -0.4 is 4.74 Å². The summed E-state index contributed by atoms with van der Waals surface area (Å²) >= 11 is 1.68. The number of rotatable bonds is 5. The van der Waals surface area contributed by atoms with Crippen LogP contribution in [0.1, 0.15) is 39.7 Å². The molecular formula is C15H21NOS. The van der Waals surface area contributed by atoms with Crippen molar-refractivity contribution in [3.8, 4) is 11.8 Å². The first-order valence-electron chi connectivity index (χ1n) is 6.26. The summed E-state index contributed by atoms with van der Waals surface area (Å²) < 4.78 is 5.76. The molecule has 0 saturated carbocycles. The SMILES string of the molecule is CCSc1cccc(OCCC(C)(C)C)c1C#N. The molecule has 2 nitrogen and oxygen atoms in total. The van der Waals surface area contributed by atoms with Gasteiger partial charge in [-0.3, -0.25) is 0 Å². The van der Waals surface area contributed by atoms with E-state index in [4.69, 9.17) is 4.74 Å². The van der Waals surface area contributed by atoms with E-state index in [0.717, 1.165) is 17.1 Å². The Bertz CT molecular complexity index is 429. The van der Waals surface area contributed by atoms with E-state index in [1.54, 1.807) is 11.8 Å². The lowest BCUT2D eigenvalue weighted by atomic mass is 9.93. The van der Waals surface area contributed by atoms with Crippen LogP contribution in [-0.2, 0) is 0 Å². The van der Waals surface area contributed by atoms with Gasteiger partial charge in [0.05, 0.1) is 6.61 Å². The van der Waals surface area contributed by atoms with Gasteiger partial charge in [0, 0.05) is 4.90 Å². The van der Waals surface area contributed by atoms with Crippen molar-refractivity contribution in [3.05, 3.63) is 23.8 Å². The van der Waals surface area contributed by atoms with Gasteiger partial charge in [0.1, 0.15) is 17.4 Å². The van der Waals surface area contributed by atoms with Gasteiger partial charge < -0.3 is 4.74 Å². The van der Waals surface area contributed by atoms with Crippen LogP contribution in [0.3, 0.4) is 0 Å². The van der Waals surface area contributed by atoms with E-state index in [2.05, 4.69) is 33.8 Å². The van der Waals surface area contributed by atoms with Gasteiger partial charge >= 0.3 is 0 Å². The predicted octanol–water partition coefficient (Wildman–Crippen LogP) is 4.49. The van der Waals surface area contributed by atoms with Gasteiger partial charge in [0.15, 0.2) is 0 Å². The number of nitrogens with zero attached hydrogens (tertiary/aromatic N) is 1. The second-order valence-electron chi connectivity index (χ2n) is 5.33. The average Bonchev–Trinajstić information content (AvgIpc) is 2.28. The van der Waals surface area contributed by atoms with Crippen molar-refractivity contribution >= 4 is 11.8 Å². The highest BCUT2D eigenvalue weighted by Gasteiger charge is 2.12. The molecule has 0 bridgehead atoms. The Morgan fingerprint density at radius 1 is 1.33 bits per heavy atom. The highest BCUT2D eigenvalue weighted by atomic mass is 32.2. The third-order valence-corrected chi connectivity index (χ3v) is 3.45. The first-order chi connectivity index (χ1) is 8.48. The monoisotopic (exact) mass is 263 g/mol. The lowest BCUT2D eigenvalue weighted by Gasteiger charge is -2.18. The Hall–Kier alpha value is -1.14. The van der Waals surface area contributed by atoms with E-state index in [9.17, 15) is 5.26 Å². The van der Waals surface area contributed by atoms with E-state index in [-0.39, 0.29) is 5.41 Å². The Morgan fingerprint density at radius 3 is 2.61 bits per heavy atom. The number of hydrogen-bond acceptors (Lipinski definition) is 3. The molecule has 0 aliphatic heterocycles. The molecule has 1 rings (SSSR count). The van der Waals surface area contributed by atoms with Crippen LogP contribution in [-0.4, -0.2) is 12.4 Å². The van der Waals surface area contributed by atoms with E-state index in [1.807, 2.05) is 18.2 Å². The molecule has 3 heteroatoms. The van der Waals surface area contributed by atoms with E-state index in [1.165, 1.54) is 0 Å². The molecule has 98 valence electrons. The minimum atomic E-state index is 0.253. The quantitative estimate of drug-likeness (QED) is 0.734. The maximum Gasteiger partial charge on any atom is 0.138 e. The second-order valence-corrected chi connectivity index (χ2v) is 6.64. The topological polar surface area (TPSA) is 33.0 Å². The molecule has 0 amide bonds. The predicted molar refractivity (Wildman–Crippen MR) is 77.1 cm³/mol. The third-order valence-electron chi connectivity index (χ3n) is 2.51. The first kappa shape index (κ1) is 14.9. The summed E-state index contributed by atoms with van der Waals surface area (Å²) in [4.78, 5) is 1.01. The normalized spacial score (nSPS) is 11.1. The van der Waals surface area contributed by atoms with Crippen molar-refractivity contribution in [3.63, 3.8) is 0 Å². The molecule has 0 N–H and O–H groups in total. The highest BCUT2D eigenvalue weighted by Crippen LogP contribution is 2.30. The zero-order chi connectivity index (χ0) is 13.6. The van der Waals surface area contributed by atoms with Gasteiger partial charge in [-0.2, -0.15) is 5.26 Å². The van der Waals surface area contributed by atoms with Gasteiger partial charge in [-0.1, -0.05) is 33.8 Å². The average molecular weight is 263 g/mol. The second kappa shape index (κ2) is 6.70.